The highest BCUT2D eigenvalue weighted by Gasteiger charge is 2.30. The second-order valence-electron chi connectivity index (χ2n) is 6.92. The van der Waals surface area contributed by atoms with E-state index in [0.717, 1.165) is 24.0 Å². The highest BCUT2D eigenvalue weighted by atomic mass is 16.3. The van der Waals surface area contributed by atoms with Gasteiger partial charge in [-0.25, -0.2) is 4.68 Å². The van der Waals surface area contributed by atoms with Crippen LogP contribution in [0.5, 0.6) is 5.75 Å². The van der Waals surface area contributed by atoms with Gasteiger partial charge in [0, 0.05) is 18.2 Å². The lowest BCUT2D eigenvalue weighted by Crippen LogP contribution is -2.37. The van der Waals surface area contributed by atoms with E-state index in [9.17, 15) is 14.7 Å². The number of rotatable bonds is 4. The van der Waals surface area contributed by atoms with Gasteiger partial charge in [-0.3, -0.25) is 9.59 Å². The van der Waals surface area contributed by atoms with Crippen molar-refractivity contribution >= 4 is 5.91 Å². The van der Waals surface area contributed by atoms with Crippen molar-refractivity contribution in [1.82, 2.24) is 14.7 Å². The van der Waals surface area contributed by atoms with Crippen molar-refractivity contribution in [2.45, 2.75) is 25.4 Å². The Kier molecular flexibility index (Phi) is 4.93. The Labute approximate surface area is 162 Å². The van der Waals surface area contributed by atoms with Gasteiger partial charge in [0.25, 0.3) is 5.56 Å². The molecule has 0 unspecified atom stereocenters. The van der Waals surface area contributed by atoms with Crippen LogP contribution in [0.1, 0.15) is 24.4 Å². The molecule has 1 amide bonds. The monoisotopic (exact) mass is 375 g/mol. The van der Waals surface area contributed by atoms with E-state index in [1.165, 1.54) is 10.7 Å². The third-order valence-electron chi connectivity index (χ3n) is 5.07. The Morgan fingerprint density at radius 2 is 1.79 bits per heavy atom. The number of nitrogens with zero attached hydrogens (tertiary/aromatic N) is 3. The number of phenolic OH excluding ortho intramolecular Hbond substituents is 1. The minimum Gasteiger partial charge on any atom is -0.508 e. The second kappa shape index (κ2) is 7.68. The van der Waals surface area contributed by atoms with Gasteiger partial charge in [-0.15, -0.1) is 0 Å². The first-order chi connectivity index (χ1) is 13.6. The first-order valence-corrected chi connectivity index (χ1v) is 9.34. The first kappa shape index (κ1) is 18.0. The van der Waals surface area contributed by atoms with Crippen LogP contribution in [0.15, 0.2) is 71.5 Å². The molecule has 1 aliphatic heterocycles. The van der Waals surface area contributed by atoms with E-state index in [1.807, 2.05) is 42.5 Å². The zero-order valence-corrected chi connectivity index (χ0v) is 15.4. The van der Waals surface area contributed by atoms with E-state index in [1.54, 1.807) is 23.1 Å². The average Bonchev–Trinajstić information content (AvgIpc) is 3.21. The van der Waals surface area contributed by atoms with Crippen LogP contribution in [0.4, 0.5) is 0 Å². The minimum atomic E-state index is -0.298. The first-order valence-electron chi connectivity index (χ1n) is 9.34. The molecule has 0 aliphatic carbocycles. The van der Waals surface area contributed by atoms with Gasteiger partial charge in [-0.1, -0.05) is 42.5 Å². The quantitative estimate of drug-likeness (QED) is 0.761. The predicted molar refractivity (Wildman–Crippen MR) is 106 cm³/mol. The highest BCUT2D eigenvalue weighted by molar-refractivity contribution is 5.77. The van der Waals surface area contributed by atoms with Gasteiger partial charge >= 0.3 is 0 Å². The van der Waals surface area contributed by atoms with Crippen LogP contribution < -0.4 is 5.56 Å². The van der Waals surface area contributed by atoms with Crippen LogP contribution in [0.3, 0.4) is 0 Å². The molecule has 1 N–H and O–H groups in total. The molecule has 0 radical (unpaired) electrons. The summed E-state index contributed by atoms with van der Waals surface area (Å²) < 4.78 is 1.23. The van der Waals surface area contributed by atoms with E-state index in [4.69, 9.17) is 0 Å². The summed E-state index contributed by atoms with van der Waals surface area (Å²) in [6.07, 6.45) is 1.77. The summed E-state index contributed by atoms with van der Waals surface area (Å²) >= 11 is 0. The number of carbonyl (C=O) groups is 1. The molecule has 0 spiro atoms. The summed E-state index contributed by atoms with van der Waals surface area (Å²) in [5.41, 5.74) is 2.24. The Balaban J connectivity index is 1.56. The van der Waals surface area contributed by atoms with Gasteiger partial charge in [0.2, 0.25) is 5.91 Å². The lowest BCUT2D eigenvalue weighted by molar-refractivity contribution is -0.133. The van der Waals surface area contributed by atoms with Crippen LogP contribution in [-0.4, -0.2) is 32.2 Å². The van der Waals surface area contributed by atoms with Gasteiger partial charge in [-0.2, -0.15) is 5.10 Å². The van der Waals surface area contributed by atoms with Gasteiger partial charge in [-0.05, 0) is 36.6 Å². The van der Waals surface area contributed by atoms with E-state index in [-0.39, 0.29) is 29.8 Å². The molecule has 28 heavy (non-hydrogen) atoms. The zero-order chi connectivity index (χ0) is 19.5. The summed E-state index contributed by atoms with van der Waals surface area (Å²) in [4.78, 5) is 27.0. The smallest absolute Gasteiger partial charge is 0.267 e. The van der Waals surface area contributed by atoms with Gasteiger partial charge in [0.05, 0.1) is 11.7 Å². The minimum absolute atomic E-state index is 0.0406. The van der Waals surface area contributed by atoms with Crippen molar-refractivity contribution in [3.05, 3.63) is 82.6 Å². The lowest BCUT2D eigenvalue weighted by atomic mass is 10.0. The van der Waals surface area contributed by atoms with Crippen molar-refractivity contribution in [2.24, 2.45) is 0 Å². The summed E-state index contributed by atoms with van der Waals surface area (Å²) in [5.74, 6) is 0.0727. The second-order valence-corrected chi connectivity index (χ2v) is 6.92. The molecule has 6 nitrogen and oxygen atoms in total. The van der Waals surface area contributed by atoms with Crippen molar-refractivity contribution in [3.63, 3.8) is 0 Å². The molecular weight excluding hydrogens is 354 g/mol. The van der Waals surface area contributed by atoms with Crippen molar-refractivity contribution < 1.29 is 9.90 Å². The number of aromatic hydroxyl groups is 1. The van der Waals surface area contributed by atoms with Crippen molar-refractivity contribution in [1.29, 1.82) is 0 Å². The maximum Gasteiger partial charge on any atom is 0.267 e. The Morgan fingerprint density at radius 1 is 1.04 bits per heavy atom. The summed E-state index contributed by atoms with van der Waals surface area (Å²) in [6.45, 7) is 0.561. The SMILES string of the molecule is O=C(Cn1nc(-c2ccccc2)ccc1=O)N1CCC[C@@H]1c1ccc(O)cc1. The standard InChI is InChI=1S/C22H21N3O3/c26-18-10-8-17(9-11-18)20-7-4-14-24(20)22(28)15-25-21(27)13-12-19(23-25)16-5-2-1-3-6-16/h1-3,5-6,8-13,20,26H,4,7,14-15H2/t20-/m1/s1. The molecular formula is C22H21N3O3. The van der Waals surface area contributed by atoms with Crippen molar-refractivity contribution in [3.8, 4) is 17.0 Å². The van der Waals surface area contributed by atoms with Crippen LogP contribution in [0, 0.1) is 0 Å². The fourth-order valence-electron chi connectivity index (χ4n) is 3.65. The number of hydrogen-bond acceptors (Lipinski definition) is 4. The van der Waals surface area contributed by atoms with Crippen LogP contribution >= 0.6 is 0 Å². The van der Waals surface area contributed by atoms with E-state index < -0.39 is 0 Å². The summed E-state index contributed by atoms with van der Waals surface area (Å²) in [7, 11) is 0. The van der Waals surface area contributed by atoms with Crippen LogP contribution in [0.25, 0.3) is 11.3 Å². The maximum absolute atomic E-state index is 12.9. The van der Waals surface area contributed by atoms with Crippen LogP contribution in [-0.2, 0) is 11.3 Å². The van der Waals surface area contributed by atoms with Crippen LogP contribution in [0.2, 0.25) is 0 Å². The lowest BCUT2D eigenvalue weighted by Gasteiger charge is -2.25. The molecule has 0 bridgehead atoms. The third kappa shape index (κ3) is 3.67. The number of phenols is 1. The number of benzene rings is 2. The van der Waals surface area contributed by atoms with E-state index in [2.05, 4.69) is 5.10 Å². The molecule has 3 aromatic rings. The van der Waals surface area contributed by atoms with Gasteiger partial charge < -0.3 is 10.0 Å². The van der Waals surface area contributed by atoms with E-state index >= 15 is 0 Å². The van der Waals surface area contributed by atoms with Gasteiger partial charge in [0.1, 0.15) is 12.3 Å². The van der Waals surface area contributed by atoms with Crippen molar-refractivity contribution in [2.75, 3.05) is 6.54 Å². The molecule has 0 saturated carbocycles. The number of likely N-dealkylation sites (tertiary alicyclic amines) is 1. The summed E-state index contributed by atoms with van der Waals surface area (Å²) in [5, 5.41) is 13.9. The highest BCUT2D eigenvalue weighted by Crippen LogP contribution is 2.32. The molecule has 1 aromatic heterocycles. The average molecular weight is 375 g/mol. The van der Waals surface area contributed by atoms with E-state index in [0.29, 0.717) is 12.2 Å². The fourth-order valence-corrected chi connectivity index (χ4v) is 3.65. The molecule has 1 aliphatic rings. The Hall–Kier alpha value is -3.41. The topological polar surface area (TPSA) is 75.4 Å². The Morgan fingerprint density at radius 3 is 2.54 bits per heavy atom. The molecule has 6 heteroatoms. The molecule has 2 aromatic carbocycles. The number of carbonyl (C=O) groups excluding carboxylic acids is 1. The fraction of sp³-hybridized carbons (Fsp3) is 0.227. The van der Waals surface area contributed by atoms with Gasteiger partial charge in [0.15, 0.2) is 0 Å². The zero-order valence-electron chi connectivity index (χ0n) is 15.4. The molecule has 1 saturated heterocycles. The normalized spacial score (nSPS) is 16.3. The molecule has 142 valence electrons. The molecule has 2 heterocycles. The number of amides is 1. The third-order valence-corrected chi connectivity index (χ3v) is 5.07. The number of hydrogen-bond donors (Lipinski definition) is 1. The molecule has 1 fully saturated rings. The largest absolute Gasteiger partial charge is 0.508 e. The molecule has 4 rings (SSSR count). The summed E-state index contributed by atoms with van der Waals surface area (Å²) in [6, 6.07) is 19.6. The Bertz CT molecular complexity index is 1030. The molecule has 1 atom stereocenters. The maximum atomic E-state index is 12.9. The number of aromatic nitrogens is 2. The predicted octanol–water partition coefficient (Wildman–Crippen LogP) is 2.98.